The first-order chi connectivity index (χ1) is 12.4. The molecule has 4 rings (SSSR count). The van der Waals surface area contributed by atoms with Gasteiger partial charge in [0, 0.05) is 0 Å². The van der Waals surface area contributed by atoms with E-state index in [0.29, 0.717) is 16.7 Å². The van der Waals surface area contributed by atoms with Gasteiger partial charge in [0.2, 0.25) is 0 Å². The van der Waals surface area contributed by atoms with Crippen molar-refractivity contribution in [3.8, 4) is 0 Å². The molecule has 3 aliphatic carbocycles. The first kappa shape index (κ1) is 19.0. The molecule has 0 aromatic rings. The summed E-state index contributed by atoms with van der Waals surface area (Å²) in [5.41, 5.74) is 2.28. The molecule has 0 amide bonds. The number of aliphatic hydroxyl groups is 1. The highest BCUT2D eigenvalue weighted by Crippen LogP contribution is 2.61. The number of likely N-dealkylation sites (tertiary alicyclic amines) is 1. The largest absolute Gasteiger partial charge is 0.393 e. The Morgan fingerprint density at radius 2 is 1.88 bits per heavy atom. The maximum Gasteiger partial charge on any atom is 0.0543 e. The molecule has 2 heteroatoms. The third-order valence-electron chi connectivity index (χ3n) is 9.17. The van der Waals surface area contributed by atoms with Crippen LogP contribution < -0.4 is 0 Å². The molecule has 0 aromatic carbocycles. The highest BCUT2D eigenvalue weighted by molar-refractivity contribution is 5.23. The predicted molar refractivity (Wildman–Crippen MR) is 109 cm³/mol. The van der Waals surface area contributed by atoms with E-state index in [4.69, 9.17) is 0 Å². The fourth-order valence-electron chi connectivity index (χ4n) is 6.93. The minimum Gasteiger partial charge on any atom is -0.393 e. The molecule has 4 aliphatic rings. The molecule has 0 aromatic heterocycles. The average Bonchev–Trinajstić information content (AvgIpc) is 3.24. The number of fused-ring (bicyclic) bond motifs is 1. The van der Waals surface area contributed by atoms with Gasteiger partial charge >= 0.3 is 0 Å². The fraction of sp³-hybridized carbons (Fsp3) is 0.875. The van der Waals surface area contributed by atoms with Gasteiger partial charge in [0.25, 0.3) is 0 Å². The zero-order valence-corrected chi connectivity index (χ0v) is 17.2. The van der Waals surface area contributed by atoms with Crippen molar-refractivity contribution in [2.45, 2.75) is 84.2 Å². The Labute approximate surface area is 161 Å². The van der Waals surface area contributed by atoms with Crippen molar-refractivity contribution in [2.75, 3.05) is 19.6 Å². The van der Waals surface area contributed by atoms with E-state index < -0.39 is 0 Å². The van der Waals surface area contributed by atoms with Crippen LogP contribution in [0, 0.1) is 35.0 Å². The van der Waals surface area contributed by atoms with E-state index in [-0.39, 0.29) is 6.10 Å². The molecule has 3 saturated carbocycles. The molecule has 1 saturated heterocycles. The number of aliphatic hydroxyl groups excluding tert-OH is 1. The summed E-state index contributed by atoms with van der Waals surface area (Å²) in [7, 11) is 0. The van der Waals surface area contributed by atoms with Crippen LogP contribution in [0.15, 0.2) is 12.2 Å². The Bertz CT molecular complexity index is 524. The molecule has 1 radical (unpaired) electrons. The third-order valence-corrected chi connectivity index (χ3v) is 9.17. The Balaban J connectivity index is 1.45. The monoisotopic (exact) mass is 358 g/mol. The van der Waals surface area contributed by atoms with Crippen molar-refractivity contribution in [3.63, 3.8) is 0 Å². The van der Waals surface area contributed by atoms with Gasteiger partial charge < -0.3 is 10.0 Å². The molecule has 0 unspecified atom stereocenters. The quantitative estimate of drug-likeness (QED) is 0.696. The summed E-state index contributed by atoms with van der Waals surface area (Å²) in [4.78, 5) is 2.66. The molecule has 0 bridgehead atoms. The van der Waals surface area contributed by atoms with Crippen molar-refractivity contribution in [1.29, 1.82) is 0 Å². The molecular formula is C24H40NO. The summed E-state index contributed by atoms with van der Waals surface area (Å²) in [6.45, 7) is 13.3. The topological polar surface area (TPSA) is 23.5 Å². The molecule has 6 atom stereocenters. The number of rotatable bonds is 4. The summed E-state index contributed by atoms with van der Waals surface area (Å²) < 4.78 is 0. The SMILES string of the molecule is C=C1CC[C@H]2[CH][C@@H]([C@@]3(C)CC[C@H](O)C[C@@H]3CCN3CCCC3)CC[C@]12C. The smallest absolute Gasteiger partial charge is 0.0543 e. The van der Waals surface area contributed by atoms with E-state index in [9.17, 15) is 5.11 Å². The van der Waals surface area contributed by atoms with Gasteiger partial charge in [-0.25, -0.2) is 0 Å². The van der Waals surface area contributed by atoms with Gasteiger partial charge in [-0.05, 0) is 119 Å². The van der Waals surface area contributed by atoms with Crippen molar-refractivity contribution in [3.05, 3.63) is 18.6 Å². The number of hydrogen-bond donors (Lipinski definition) is 1. The fourth-order valence-corrected chi connectivity index (χ4v) is 6.93. The van der Waals surface area contributed by atoms with Gasteiger partial charge in [-0.3, -0.25) is 0 Å². The van der Waals surface area contributed by atoms with Crippen LogP contribution in [0.4, 0.5) is 0 Å². The Morgan fingerprint density at radius 1 is 1.12 bits per heavy atom. The van der Waals surface area contributed by atoms with Crippen LogP contribution in [-0.2, 0) is 0 Å². The predicted octanol–water partition coefficient (Wildman–Crippen LogP) is 5.23. The first-order valence-electron chi connectivity index (χ1n) is 11.4. The normalized spacial score (nSPS) is 47.3. The summed E-state index contributed by atoms with van der Waals surface area (Å²) in [5.74, 6) is 2.17. The lowest BCUT2D eigenvalue weighted by Gasteiger charge is -2.53. The average molecular weight is 359 g/mol. The van der Waals surface area contributed by atoms with E-state index in [2.05, 4.69) is 31.7 Å². The summed E-state index contributed by atoms with van der Waals surface area (Å²) in [5, 5.41) is 10.4. The van der Waals surface area contributed by atoms with Crippen LogP contribution in [-0.4, -0.2) is 35.7 Å². The molecule has 2 nitrogen and oxygen atoms in total. The second-order valence-electron chi connectivity index (χ2n) is 10.5. The van der Waals surface area contributed by atoms with Gasteiger partial charge in [-0.1, -0.05) is 26.0 Å². The lowest BCUT2D eigenvalue weighted by Crippen LogP contribution is -2.46. The molecule has 147 valence electrons. The minimum atomic E-state index is -0.0632. The minimum absolute atomic E-state index is 0.0632. The zero-order valence-electron chi connectivity index (χ0n) is 17.2. The second kappa shape index (κ2) is 7.24. The summed E-state index contributed by atoms with van der Waals surface area (Å²) >= 11 is 0. The highest BCUT2D eigenvalue weighted by atomic mass is 16.3. The maximum absolute atomic E-state index is 10.4. The van der Waals surface area contributed by atoms with Crippen LogP contribution in [0.25, 0.3) is 0 Å². The van der Waals surface area contributed by atoms with E-state index in [1.807, 2.05) is 0 Å². The van der Waals surface area contributed by atoms with E-state index in [1.54, 1.807) is 0 Å². The molecule has 1 heterocycles. The first-order valence-corrected chi connectivity index (χ1v) is 11.4. The van der Waals surface area contributed by atoms with E-state index in [1.165, 1.54) is 76.6 Å². The third kappa shape index (κ3) is 3.30. The highest BCUT2D eigenvalue weighted by Gasteiger charge is 2.52. The molecule has 1 aliphatic heterocycles. The van der Waals surface area contributed by atoms with Crippen molar-refractivity contribution in [2.24, 2.45) is 28.6 Å². The van der Waals surface area contributed by atoms with Gasteiger partial charge in [0.1, 0.15) is 0 Å². The summed E-state index contributed by atoms with van der Waals surface area (Å²) in [6.07, 6.45) is 15.2. The molecule has 0 spiro atoms. The Hall–Kier alpha value is -0.340. The van der Waals surface area contributed by atoms with Gasteiger partial charge in [-0.15, -0.1) is 0 Å². The molecule has 1 N–H and O–H groups in total. The molecule has 4 fully saturated rings. The lowest BCUT2D eigenvalue weighted by molar-refractivity contribution is -0.0336. The number of hydrogen-bond acceptors (Lipinski definition) is 2. The number of allylic oxidation sites excluding steroid dienone is 1. The van der Waals surface area contributed by atoms with Crippen molar-refractivity contribution >= 4 is 0 Å². The molecular weight excluding hydrogens is 318 g/mol. The number of nitrogens with zero attached hydrogens (tertiary/aromatic N) is 1. The van der Waals surface area contributed by atoms with E-state index in [0.717, 1.165) is 24.7 Å². The Morgan fingerprint density at radius 3 is 2.65 bits per heavy atom. The summed E-state index contributed by atoms with van der Waals surface area (Å²) in [6, 6.07) is 0. The van der Waals surface area contributed by atoms with Gasteiger partial charge in [0.05, 0.1) is 6.10 Å². The van der Waals surface area contributed by atoms with E-state index >= 15 is 0 Å². The maximum atomic E-state index is 10.4. The Kier molecular flexibility index (Phi) is 5.29. The van der Waals surface area contributed by atoms with Crippen LogP contribution in [0.3, 0.4) is 0 Å². The van der Waals surface area contributed by atoms with Crippen LogP contribution in [0.1, 0.15) is 78.1 Å². The van der Waals surface area contributed by atoms with Crippen LogP contribution in [0.2, 0.25) is 0 Å². The van der Waals surface area contributed by atoms with Gasteiger partial charge in [-0.2, -0.15) is 0 Å². The zero-order chi connectivity index (χ0) is 18.4. The van der Waals surface area contributed by atoms with Crippen LogP contribution >= 0.6 is 0 Å². The molecule has 26 heavy (non-hydrogen) atoms. The van der Waals surface area contributed by atoms with Crippen molar-refractivity contribution in [1.82, 2.24) is 4.90 Å². The van der Waals surface area contributed by atoms with Crippen LogP contribution in [0.5, 0.6) is 0 Å². The van der Waals surface area contributed by atoms with Gasteiger partial charge in [0.15, 0.2) is 0 Å². The lowest BCUT2D eigenvalue weighted by atomic mass is 9.52. The van der Waals surface area contributed by atoms with Crippen molar-refractivity contribution < 1.29 is 5.11 Å². The standard InChI is InChI=1S/C24H40NO/c1-18-6-7-19-16-20(8-11-23(18,19)2)24(3)12-9-22(26)17-21(24)10-15-25-13-4-5-14-25/h16,19-22,26H,1,4-15,17H2,2-3H3/t19-,20-,21-,22-,23+,24+/m0/s1. The second-order valence-corrected chi connectivity index (χ2v) is 10.5.